The Labute approximate surface area is 171 Å². The minimum atomic E-state index is -0.0884. The number of benzene rings is 1. The first kappa shape index (κ1) is 19.7. The number of nitrogens with one attached hydrogen (secondary N) is 2. The van der Waals surface area contributed by atoms with E-state index in [2.05, 4.69) is 53.3 Å². The number of rotatable bonds is 3. The van der Waals surface area contributed by atoms with Crippen LogP contribution >= 0.6 is 0 Å². The lowest BCUT2D eigenvalue weighted by molar-refractivity contribution is 0.0723. The first-order valence-electron chi connectivity index (χ1n) is 10.4. The summed E-state index contributed by atoms with van der Waals surface area (Å²) in [5.74, 6) is 0. The minimum absolute atomic E-state index is 0.0200. The van der Waals surface area contributed by atoms with E-state index in [4.69, 9.17) is 0 Å². The third-order valence-electron chi connectivity index (χ3n) is 6.30. The number of nitrogens with zero attached hydrogens (tertiary/aromatic N) is 2. The van der Waals surface area contributed by atoms with Crippen LogP contribution in [0.25, 0.3) is 0 Å². The smallest absolute Gasteiger partial charge is 0.317 e. The highest BCUT2D eigenvalue weighted by Crippen LogP contribution is 2.30. The van der Waals surface area contributed by atoms with Crippen LogP contribution < -0.4 is 10.9 Å². The molecule has 1 aromatic heterocycles. The van der Waals surface area contributed by atoms with Gasteiger partial charge in [-0.3, -0.25) is 9.69 Å². The Morgan fingerprint density at radius 1 is 1.21 bits per heavy atom. The lowest BCUT2D eigenvalue weighted by Crippen LogP contribution is -2.58. The fourth-order valence-corrected chi connectivity index (χ4v) is 4.61. The summed E-state index contributed by atoms with van der Waals surface area (Å²) in [4.78, 5) is 32.0. The Kier molecular flexibility index (Phi) is 5.46. The van der Waals surface area contributed by atoms with Gasteiger partial charge in [0.25, 0.3) is 5.56 Å². The summed E-state index contributed by atoms with van der Waals surface area (Å²) in [6.07, 6.45) is 3.34. The van der Waals surface area contributed by atoms with Crippen molar-refractivity contribution < 1.29 is 4.79 Å². The van der Waals surface area contributed by atoms with E-state index in [-0.39, 0.29) is 23.0 Å². The molecule has 2 amide bonds. The highest BCUT2D eigenvalue weighted by molar-refractivity contribution is 5.75. The number of aromatic amines is 1. The van der Waals surface area contributed by atoms with Gasteiger partial charge in [-0.25, -0.2) is 4.79 Å². The zero-order chi connectivity index (χ0) is 20.4. The molecule has 1 fully saturated rings. The summed E-state index contributed by atoms with van der Waals surface area (Å²) in [6, 6.07) is 12.5. The summed E-state index contributed by atoms with van der Waals surface area (Å²) in [5, 5.41) is 3.26. The van der Waals surface area contributed by atoms with Gasteiger partial charge in [-0.1, -0.05) is 44.2 Å². The predicted octanol–water partition coefficient (Wildman–Crippen LogP) is 2.74. The predicted molar refractivity (Wildman–Crippen MR) is 114 cm³/mol. The fraction of sp³-hybridized carbons (Fsp3) is 0.478. The zero-order valence-electron chi connectivity index (χ0n) is 17.3. The lowest BCUT2D eigenvalue weighted by Gasteiger charge is -2.45. The second-order valence-electron chi connectivity index (χ2n) is 8.96. The number of aromatic nitrogens is 1. The molecule has 2 aliphatic rings. The van der Waals surface area contributed by atoms with E-state index in [1.54, 1.807) is 11.1 Å². The molecule has 1 unspecified atom stereocenters. The maximum atomic E-state index is 12.9. The highest BCUT2D eigenvalue weighted by atomic mass is 16.2. The van der Waals surface area contributed by atoms with E-state index in [1.807, 2.05) is 12.1 Å². The number of urea groups is 1. The van der Waals surface area contributed by atoms with Gasteiger partial charge in [0.05, 0.1) is 6.54 Å². The molecule has 2 aliphatic heterocycles. The molecule has 0 radical (unpaired) electrons. The van der Waals surface area contributed by atoms with Crippen LogP contribution in [-0.2, 0) is 19.5 Å². The molecule has 1 saturated heterocycles. The Morgan fingerprint density at radius 3 is 2.76 bits per heavy atom. The summed E-state index contributed by atoms with van der Waals surface area (Å²) in [7, 11) is 0. The molecular formula is C23H30N4O2. The van der Waals surface area contributed by atoms with Gasteiger partial charge in [0.1, 0.15) is 0 Å². The van der Waals surface area contributed by atoms with E-state index < -0.39 is 0 Å². The van der Waals surface area contributed by atoms with Gasteiger partial charge in [-0.05, 0) is 35.4 Å². The first-order valence-corrected chi connectivity index (χ1v) is 10.4. The van der Waals surface area contributed by atoms with E-state index in [0.29, 0.717) is 18.7 Å². The minimum Gasteiger partial charge on any atom is -0.335 e. The average molecular weight is 395 g/mol. The molecular weight excluding hydrogens is 364 g/mol. The molecule has 6 heteroatoms. The number of pyridine rings is 1. The molecule has 2 N–H and O–H groups in total. The van der Waals surface area contributed by atoms with Crippen molar-refractivity contribution in [3.8, 4) is 0 Å². The van der Waals surface area contributed by atoms with Gasteiger partial charge in [0.15, 0.2) is 0 Å². The number of likely N-dealkylation sites (tertiary alicyclic amines) is 1. The Hall–Kier alpha value is -2.60. The van der Waals surface area contributed by atoms with Crippen LogP contribution in [0.1, 0.15) is 37.0 Å². The number of fused-ring (bicyclic) bond motifs is 1. The van der Waals surface area contributed by atoms with Crippen LogP contribution in [0.4, 0.5) is 4.79 Å². The normalized spacial score (nSPS) is 21.4. The van der Waals surface area contributed by atoms with Crippen molar-refractivity contribution in [2.45, 2.75) is 45.8 Å². The van der Waals surface area contributed by atoms with Crippen LogP contribution in [0.2, 0.25) is 0 Å². The molecule has 0 spiro atoms. The third-order valence-corrected chi connectivity index (χ3v) is 6.30. The summed E-state index contributed by atoms with van der Waals surface area (Å²) >= 11 is 0. The number of amides is 2. The standard InChI is InChI=1S/C23H30N4O2/c1-23(2)16-26(14-17-6-4-3-5-7-17)12-10-20(23)25-22(29)27-13-9-18-8-11-24-21(28)19(18)15-27/h3-8,11,20H,9-10,12-16H2,1-2H3,(H,24,28)(H,25,29). The molecule has 0 bridgehead atoms. The van der Waals surface area contributed by atoms with Crippen molar-refractivity contribution in [3.63, 3.8) is 0 Å². The SMILES string of the molecule is CC1(C)CN(Cc2ccccc2)CCC1NC(=O)N1CCc2cc[nH]c(=O)c2C1. The van der Waals surface area contributed by atoms with Crippen LogP contribution in [0.3, 0.4) is 0 Å². The Balaban J connectivity index is 1.37. The van der Waals surface area contributed by atoms with Gasteiger partial charge in [-0.15, -0.1) is 0 Å². The number of hydrogen-bond donors (Lipinski definition) is 2. The van der Waals surface area contributed by atoms with Crippen molar-refractivity contribution in [3.05, 3.63) is 69.6 Å². The summed E-state index contributed by atoms with van der Waals surface area (Å²) in [6.45, 7) is 8.33. The second-order valence-corrected chi connectivity index (χ2v) is 8.96. The largest absolute Gasteiger partial charge is 0.335 e. The number of H-pyrrole nitrogens is 1. The Morgan fingerprint density at radius 2 is 2.00 bits per heavy atom. The fourth-order valence-electron chi connectivity index (χ4n) is 4.61. The highest BCUT2D eigenvalue weighted by Gasteiger charge is 2.37. The molecule has 4 rings (SSSR count). The Bertz CT molecular complexity index is 922. The number of carbonyl (C=O) groups excluding carboxylic acids is 1. The molecule has 0 saturated carbocycles. The van der Waals surface area contributed by atoms with Crippen molar-refractivity contribution in [2.75, 3.05) is 19.6 Å². The molecule has 29 heavy (non-hydrogen) atoms. The first-order chi connectivity index (χ1) is 13.9. The second kappa shape index (κ2) is 8.03. The molecule has 6 nitrogen and oxygen atoms in total. The van der Waals surface area contributed by atoms with Gasteiger partial charge in [0.2, 0.25) is 0 Å². The molecule has 1 aromatic carbocycles. The topological polar surface area (TPSA) is 68.4 Å². The number of carbonyl (C=O) groups is 1. The van der Waals surface area contributed by atoms with E-state index in [9.17, 15) is 9.59 Å². The number of hydrogen-bond acceptors (Lipinski definition) is 3. The van der Waals surface area contributed by atoms with Crippen LogP contribution in [-0.4, -0.2) is 46.5 Å². The summed E-state index contributed by atoms with van der Waals surface area (Å²) < 4.78 is 0. The third kappa shape index (κ3) is 4.37. The molecule has 154 valence electrons. The quantitative estimate of drug-likeness (QED) is 0.841. The van der Waals surface area contributed by atoms with E-state index >= 15 is 0 Å². The average Bonchev–Trinajstić information content (AvgIpc) is 2.70. The van der Waals surface area contributed by atoms with Gasteiger partial charge in [0, 0.05) is 44.0 Å². The van der Waals surface area contributed by atoms with Gasteiger partial charge < -0.3 is 15.2 Å². The van der Waals surface area contributed by atoms with Crippen molar-refractivity contribution in [1.82, 2.24) is 20.1 Å². The van der Waals surface area contributed by atoms with Crippen LogP contribution in [0.5, 0.6) is 0 Å². The maximum Gasteiger partial charge on any atom is 0.317 e. The van der Waals surface area contributed by atoms with Crippen LogP contribution in [0, 0.1) is 5.41 Å². The monoisotopic (exact) mass is 394 g/mol. The molecule has 3 heterocycles. The zero-order valence-corrected chi connectivity index (χ0v) is 17.3. The van der Waals surface area contributed by atoms with E-state index in [0.717, 1.165) is 38.0 Å². The van der Waals surface area contributed by atoms with Gasteiger partial charge >= 0.3 is 6.03 Å². The van der Waals surface area contributed by atoms with Crippen LogP contribution in [0.15, 0.2) is 47.4 Å². The van der Waals surface area contributed by atoms with Crippen molar-refractivity contribution >= 4 is 6.03 Å². The van der Waals surface area contributed by atoms with Gasteiger partial charge in [-0.2, -0.15) is 0 Å². The maximum absolute atomic E-state index is 12.9. The van der Waals surface area contributed by atoms with Crippen molar-refractivity contribution in [2.24, 2.45) is 5.41 Å². The summed E-state index contributed by atoms with van der Waals surface area (Å²) in [5.41, 5.74) is 2.98. The molecule has 1 atom stereocenters. The lowest BCUT2D eigenvalue weighted by atomic mass is 9.79. The van der Waals surface area contributed by atoms with E-state index in [1.165, 1.54) is 5.56 Å². The molecule has 0 aliphatic carbocycles. The number of piperidine rings is 1. The van der Waals surface area contributed by atoms with Crippen molar-refractivity contribution in [1.29, 1.82) is 0 Å². The molecule has 2 aromatic rings.